The normalized spacial score (nSPS) is 22.8. The average Bonchev–Trinajstić information content (AvgIpc) is 3.32. The van der Waals surface area contributed by atoms with Gasteiger partial charge in [-0.3, -0.25) is 9.59 Å². The maximum absolute atomic E-state index is 13.3. The lowest BCUT2D eigenvalue weighted by Gasteiger charge is -2.34. The number of benzene rings is 1. The van der Waals surface area contributed by atoms with Gasteiger partial charge < -0.3 is 24.2 Å². The fourth-order valence-corrected chi connectivity index (χ4v) is 5.03. The van der Waals surface area contributed by atoms with Crippen molar-refractivity contribution in [3.63, 3.8) is 0 Å². The van der Waals surface area contributed by atoms with Gasteiger partial charge in [-0.05, 0) is 31.0 Å². The van der Waals surface area contributed by atoms with Crippen LogP contribution in [0.3, 0.4) is 0 Å². The third kappa shape index (κ3) is 5.93. The van der Waals surface area contributed by atoms with Gasteiger partial charge in [0.15, 0.2) is 0 Å². The Labute approximate surface area is 199 Å². The Kier molecular flexibility index (Phi) is 7.95. The smallest absolute Gasteiger partial charge is 0.294 e. The lowest BCUT2D eigenvalue weighted by atomic mass is 10.0. The van der Waals surface area contributed by atoms with Gasteiger partial charge in [-0.2, -0.15) is 4.31 Å². The van der Waals surface area contributed by atoms with Gasteiger partial charge in [0.25, 0.3) is 11.8 Å². The standard InChI is InChI=1S/C22H30N4O7S/c1-14-11-26(34(5,29)30)15(2)13-32-18-7-6-16(24-21(27)19-8-9-23-33-19)10-17(18)22(28)25(3)12-20(14)31-4/h6-10,14-15,20H,11-13H2,1-5H3,(H,24,27)/t14-,15+,20-/m1/s1. The molecule has 0 aliphatic carbocycles. The molecule has 1 aliphatic heterocycles. The summed E-state index contributed by atoms with van der Waals surface area (Å²) in [6, 6.07) is 5.60. The Bertz CT molecular complexity index is 1120. The van der Waals surface area contributed by atoms with Crippen LogP contribution in [0.15, 0.2) is 35.0 Å². The van der Waals surface area contributed by atoms with Gasteiger partial charge in [0.2, 0.25) is 15.8 Å². The first-order chi connectivity index (χ1) is 16.0. The highest BCUT2D eigenvalue weighted by Gasteiger charge is 2.32. The molecule has 2 heterocycles. The number of likely N-dealkylation sites (N-methyl/N-ethyl adjacent to an activating group) is 1. The number of fused-ring (bicyclic) bond motifs is 1. The van der Waals surface area contributed by atoms with Crippen LogP contribution in [0.5, 0.6) is 5.75 Å². The van der Waals surface area contributed by atoms with Crippen molar-refractivity contribution in [1.82, 2.24) is 14.4 Å². The monoisotopic (exact) mass is 494 g/mol. The van der Waals surface area contributed by atoms with Crippen molar-refractivity contribution in [2.75, 3.05) is 45.4 Å². The van der Waals surface area contributed by atoms with Crippen molar-refractivity contribution in [2.45, 2.75) is 26.0 Å². The van der Waals surface area contributed by atoms with Gasteiger partial charge in [-0.15, -0.1) is 0 Å². The van der Waals surface area contributed by atoms with Crippen LogP contribution in [-0.4, -0.2) is 86.8 Å². The minimum Gasteiger partial charge on any atom is -0.491 e. The van der Waals surface area contributed by atoms with E-state index in [1.165, 1.54) is 34.6 Å². The van der Waals surface area contributed by atoms with E-state index in [1.54, 1.807) is 26.1 Å². The summed E-state index contributed by atoms with van der Waals surface area (Å²) < 4.78 is 42.7. The lowest BCUT2D eigenvalue weighted by Crippen LogP contribution is -2.48. The van der Waals surface area contributed by atoms with Crippen molar-refractivity contribution >= 4 is 27.5 Å². The summed E-state index contributed by atoms with van der Waals surface area (Å²) >= 11 is 0. The van der Waals surface area contributed by atoms with Crippen LogP contribution < -0.4 is 10.1 Å². The van der Waals surface area contributed by atoms with E-state index < -0.39 is 28.1 Å². The van der Waals surface area contributed by atoms with Crippen LogP contribution in [0, 0.1) is 5.92 Å². The molecule has 0 spiro atoms. The van der Waals surface area contributed by atoms with E-state index in [0.29, 0.717) is 5.69 Å². The lowest BCUT2D eigenvalue weighted by molar-refractivity contribution is 0.0213. The molecular weight excluding hydrogens is 464 g/mol. The Morgan fingerprint density at radius 2 is 1.97 bits per heavy atom. The number of aromatic nitrogens is 1. The van der Waals surface area contributed by atoms with Gasteiger partial charge in [0.05, 0.1) is 30.2 Å². The highest BCUT2D eigenvalue weighted by molar-refractivity contribution is 7.88. The first kappa shape index (κ1) is 25.7. The molecule has 0 fully saturated rings. The summed E-state index contributed by atoms with van der Waals surface area (Å²) in [5.41, 5.74) is 0.583. The minimum absolute atomic E-state index is 0.0269. The second-order valence-corrected chi connectivity index (χ2v) is 10.4. The first-order valence-corrected chi connectivity index (χ1v) is 12.6. The number of hydrogen-bond acceptors (Lipinski definition) is 8. The Morgan fingerprint density at radius 1 is 1.24 bits per heavy atom. The third-order valence-corrected chi connectivity index (χ3v) is 7.09. The molecule has 34 heavy (non-hydrogen) atoms. The van der Waals surface area contributed by atoms with Crippen LogP contribution in [0.25, 0.3) is 0 Å². The van der Waals surface area contributed by atoms with Gasteiger partial charge in [0, 0.05) is 39.0 Å². The molecular formula is C22H30N4O7S. The number of anilines is 1. The molecule has 0 bridgehead atoms. The Balaban J connectivity index is 1.97. The molecule has 3 rings (SSSR count). The first-order valence-electron chi connectivity index (χ1n) is 10.7. The van der Waals surface area contributed by atoms with Crippen LogP contribution in [0.4, 0.5) is 5.69 Å². The molecule has 1 aliphatic rings. The molecule has 0 radical (unpaired) electrons. The number of ether oxygens (including phenoxy) is 2. The topological polar surface area (TPSA) is 131 Å². The summed E-state index contributed by atoms with van der Waals surface area (Å²) in [5, 5.41) is 6.18. The maximum atomic E-state index is 13.3. The van der Waals surface area contributed by atoms with E-state index in [0.717, 1.165) is 6.26 Å². The zero-order valence-electron chi connectivity index (χ0n) is 19.8. The summed E-state index contributed by atoms with van der Waals surface area (Å²) in [6.45, 7) is 4.13. The predicted octanol–water partition coefficient (Wildman–Crippen LogP) is 1.69. The molecule has 1 aromatic carbocycles. The summed E-state index contributed by atoms with van der Waals surface area (Å²) in [6.07, 6.45) is 2.12. The third-order valence-electron chi connectivity index (χ3n) is 5.73. The average molecular weight is 495 g/mol. The molecule has 2 amide bonds. The fourth-order valence-electron chi connectivity index (χ4n) is 3.81. The fraction of sp³-hybridized carbons (Fsp3) is 0.500. The number of nitrogens with one attached hydrogen (secondary N) is 1. The Morgan fingerprint density at radius 3 is 2.59 bits per heavy atom. The number of rotatable bonds is 4. The second-order valence-electron chi connectivity index (χ2n) is 8.47. The molecule has 3 atom stereocenters. The number of carbonyl (C=O) groups is 2. The van der Waals surface area contributed by atoms with E-state index in [1.807, 2.05) is 6.92 Å². The molecule has 11 nitrogen and oxygen atoms in total. The summed E-state index contributed by atoms with van der Waals surface area (Å²) in [7, 11) is -0.348. The minimum atomic E-state index is -3.52. The van der Waals surface area contributed by atoms with Crippen LogP contribution in [-0.2, 0) is 14.8 Å². The van der Waals surface area contributed by atoms with E-state index in [4.69, 9.17) is 14.0 Å². The molecule has 12 heteroatoms. The number of sulfonamides is 1. The molecule has 0 saturated carbocycles. The highest BCUT2D eigenvalue weighted by atomic mass is 32.2. The summed E-state index contributed by atoms with van der Waals surface area (Å²) in [5.74, 6) is -0.730. The molecule has 1 aromatic heterocycles. The number of carbonyl (C=O) groups excluding carboxylic acids is 2. The number of hydrogen-bond donors (Lipinski definition) is 1. The highest BCUT2D eigenvalue weighted by Crippen LogP contribution is 2.27. The zero-order chi connectivity index (χ0) is 25.0. The van der Waals surface area contributed by atoms with Gasteiger partial charge in [-0.1, -0.05) is 12.1 Å². The van der Waals surface area contributed by atoms with Crippen molar-refractivity contribution in [2.24, 2.45) is 5.92 Å². The second kappa shape index (κ2) is 10.5. The van der Waals surface area contributed by atoms with E-state index >= 15 is 0 Å². The van der Waals surface area contributed by atoms with Crippen molar-refractivity contribution < 1.29 is 32.0 Å². The van der Waals surface area contributed by atoms with Gasteiger partial charge in [-0.25, -0.2) is 8.42 Å². The molecule has 0 unspecified atom stereocenters. The van der Waals surface area contributed by atoms with Crippen molar-refractivity contribution in [3.8, 4) is 5.75 Å². The molecule has 0 saturated heterocycles. The number of nitrogens with zero attached hydrogens (tertiary/aromatic N) is 3. The predicted molar refractivity (Wildman–Crippen MR) is 124 cm³/mol. The van der Waals surface area contributed by atoms with Gasteiger partial charge >= 0.3 is 0 Å². The van der Waals surface area contributed by atoms with E-state index in [2.05, 4.69) is 10.5 Å². The van der Waals surface area contributed by atoms with Crippen LogP contribution in [0.1, 0.15) is 34.8 Å². The quantitative estimate of drug-likeness (QED) is 0.679. The summed E-state index contributed by atoms with van der Waals surface area (Å²) in [4.78, 5) is 27.2. The Hall–Kier alpha value is -2.96. The number of amides is 2. The SMILES string of the molecule is CO[C@@H]1CN(C)C(=O)c2cc(NC(=O)c3ccno3)ccc2OC[C@H](C)N(S(C)(=O)=O)C[C@H]1C. The van der Waals surface area contributed by atoms with Gasteiger partial charge in [0.1, 0.15) is 12.4 Å². The van der Waals surface area contributed by atoms with Crippen molar-refractivity contribution in [3.05, 3.63) is 41.8 Å². The zero-order valence-corrected chi connectivity index (χ0v) is 20.7. The number of methoxy groups -OCH3 is 1. The largest absolute Gasteiger partial charge is 0.491 e. The molecule has 1 N–H and O–H groups in total. The molecule has 186 valence electrons. The van der Waals surface area contributed by atoms with Crippen LogP contribution in [0.2, 0.25) is 0 Å². The van der Waals surface area contributed by atoms with Crippen LogP contribution >= 0.6 is 0 Å². The van der Waals surface area contributed by atoms with E-state index in [9.17, 15) is 18.0 Å². The van der Waals surface area contributed by atoms with E-state index in [-0.39, 0.29) is 48.6 Å². The maximum Gasteiger partial charge on any atom is 0.294 e. The van der Waals surface area contributed by atoms with Crippen molar-refractivity contribution in [1.29, 1.82) is 0 Å². The molecule has 2 aromatic rings.